The normalized spacial score (nSPS) is 10.9. The molecule has 5 heteroatoms. The van der Waals surface area contributed by atoms with Gasteiger partial charge in [0.2, 0.25) is 0 Å². The van der Waals surface area contributed by atoms with Crippen LogP contribution in [0.4, 0.5) is 0 Å². The van der Waals surface area contributed by atoms with Gasteiger partial charge in [-0.05, 0) is 41.3 Å². The lowest BCUT2D eigenvalue weighted by molar-refractivity contribution is -0.138. The molecule has 0 radical (unpaired) electrons. The second-order valence-electron chi connectivity index (χ2n) is 7.28. The third-order valence-electron chi connectivity index (χ3n) is 4.86. The maximum atomic E-state index is 11.2. The highest BCUT2D eigenvalue weighted by atomic mass is 16.5. The first-order chi connectivity index (χ1) is 14.6. The lowest BCUT2D eigenvalue weighted by atomic mass is 10.1. The number of aliphatic carboxylic acids is 1. The zero-order valence-electron chi connectivity index (χ0n) is 17.3. The average Bonchev–Trinajstić information content (AvgIpc) is 2.76. The smallest absolute Gasteiger partial charge is 0.317 e. The third-order valence-corrected chi connectivity index (χ3v) is 4.86. The molecule has 0 unspecified atom stereocenters. The predicted molar refractivity (Wildman–Crippen MR) is 117 cm³/mol. The van der Waals surface area contributed by atoms with Gasteiger partial charge < -0.3 is 9.84 Å². The predicted octanol–water partition coefficient (Wildman–Crippen LogP) is 4.35. The molecule has 0 spiro atoms. The van der Waals surface area contributed by atoms with E-state index in [9.17, 15) is 9.90 Å². The number of rotatable bonds is 11. The van der Waals surface area contributed by atoms with Crippen molar-refractivity contribution in [2.75, 3.05) is 13.2 Å². The molecular weight excluding hydrogens is 376 g/mol. The molecule has 30 heavy (non-hydrogen) atoms. The molecule has 0 saturated heterocycles. The summed E-state index contributed by atoms with van der Waals surface area (Å²) < 4.78 is 5.84. The first-order valence-corrected chi connectivity index (χ1v) is 10.3. The van der Waals surface area contributed by atoms with E-state index in [1.807, 2.05) is 65.7 Å². The molecule has 1 N–H and O–H groups in total. The fraction of sp³-hybridized carbons (Fsp3) is 0.280. The van der Waals surface area contributed by atoms with Gasteiger partial charge in [-0.1, -0.05) is 55.5 Å². The van der Waals surface area contributed by atoms with Crippen molar-refractivity contribution in [3.8, 4) is 5.75 Å². The lowest BCUT2D eigenvalue weighted by Crippen LogP contribution is -2.28. The molecule has 0 atom stereocenters. The first kappa shape index (κ1) is 21.5. The van der Waals surface area contributed by atoms with Gasteiger partial charge in [-0.25, -0.2) is 0 Å². The molecule has 3 aromatic rings. The van der Waals surface area contributed by atoms with E-state index in [-0.39, 0.29) is 6.54 Å². The van der Waals surface area contributed by atoms with Crippen molar-refractivity contribution in [3.63, 3.8) is 0 Å². The highest BCUT2D eigenvalue weighted by Crippen LogP contribution is 2.16. The van der Waals surface area contributed by atoms with E-state index in [1.165, 1.54) is 5.56 Å². The van der Waals surface area contributed by atoms with Gasteiger partial charge in [-0.15, -0.1) is 0 Å². The Labute approximate surface area is 178 Å². The van der Waals surface area contributed by atoms with Crippen LogP contribution in [-0.4, -0.2) is 34.1 Å². The third kappa shape index (κ3) is 7.01. The van der Waals surface area contributed by atoms with Gasteiger partial charge in [0.05, 0.1) is 13.2 Å². The van der Waals surface area contributed by atoms with Gasteiger partial charge in [-0.2, -0.15) is 0 Å². The molecule has 0 fully saturated rings. The highest BCUT2D eigenvalue weighted by molar-refractivity contribution is 5.69. The Hall–Kier alpha value is -3.18. The summed E-state index contributed by atoms with van der Waals surface area (Å²) in [6.07, 6.45) is 3.67. The van der Waals surface area contributed by atoms with Crippen LogP contribution in [0.15, 0.2) is 72.9 Å². The van der Waals surface area contributed by atoms with Crippen LogP contribution in [0.2, 0.25) is 0 Å². The maximum Gasteiger partial charge on any atom is 0.317 e. The average molecular weight is 405 g/mol. The quantitative estimate of drug-likeness (QED) is 0.515. The molecule has 3 rings (SSSR count). The molecule has 0 aliphatic rings. The summed E-state index contributed by atoms with van der Waals surface area (Å²) in [5, 5.41) is 9.24. The second-order valence-corrected chi connectivity index (χ2v) is 7.28. The minimum Gasteiger partial charge on any atom is -0.493 e. The van der Waals surface area contributed by atoms with Crippen LogP contribution in [0, 0.1) is 0 Å². The molecule has 0 saturated carbocycles. The number of pyridine rings is 1. The number of carboxylic acids is 1. The van der Waals surface area contributed by atoms with E-state index in [0.717, 1.165) is 35.4 Å². The molecule has 0 bridgehead atoms. The van der Waals surface area contributed by atoms with Gasteiger partial charge >= 0.3 is 5.97 Å². The van der Waals surface area contributed by atoms with E-state index in [2.05, 4.69) is 24.0 Å². The molecule has 156 valence electrons. The van der Waals surface area contributed by atoms with Gasteiger partial charge in [0, 0.05) is 31.4 Å². The Morgan fingerprint density at radius 1 is 0.933 bits per heavy atom. The van der Waals surface area contributed by atoms with Gasteiger partial charge in [0.1, 0.15) is 5.75 Å². The van der Waals surface area contributed by atoms with Crippen molar-refractivity contribution >= 4 is 5.97 Å². The van der Waals surface area contributed by atoms with Crippen molar-refractivity contribution in [2.45, 2.75) is 32.9 Å². The van der Waals surface area contributed by atoms with Crippen molar-refractivity contribution < 1.29 is 14.6 Å². The Morgan fingerprint density at radius 2 is 1.60 bits per heavy atom. The largest absolute Gasteiger partial charge is 0.493 e. The summed E-state index contributed by atoms with van der Waals surface area (Å²) in [7, 11) is 0. The van der Waals surface area contributed by atoms with Gasteiger partial charge in [0.25, 0.3) is 0 Å². The summed E-state index contributed by atoms with van der Waals surface area (Å²) in [4.78, 5) is 17.6. The number of carbonyl (C=O) groups is 1. The van der Waals surface area contributed by atoms with Crippen LogP contribution >= 0.6 is 0 Å². The molecule has 1 aromatic heterocycles. The molecule has 0 aliphatic carbocycles. The number of ether oxygens (including phenoxy) is 1. The van der Waals surface area contributed by atoms with Gasteiger partial charge in [-0.3, -0.25) is 14.7 Å². The number of aromatic nitrogens is 1. The minimum atomic E-state index is -0.827. The Bertz CT molecular complexity index is 909. The number of carboxylic acid groups (broad SMARTS) is 1. The Balaban J connectivity index is 1.51. The molecular formula is C25H28N2O3. The van der Waals surface area contributed by atoms with E-state index in [1.54, 1.807) is 0 Å². The summed E-state index contributed by atoms with van der Waals surface area (Å²) in [6.45, 7) is 3.84. The standard InChI is InChI=1S/C25H28N2O3/c1-2-20-8-11-23(26-16-20)14-15-30-24-12-9-22(10-13-24)18-27(19-25(28)29)17-21-6-4-3-5-7-21/h3-13,16H,2,14-15,17-19H2,1H3,(H,28,29). The van der Waals surface area contributed by atoms with E-state index in [0.29, 0.717) is 19.7 Å². The molecule has 2 aromatic carbocycles. The number of nitrogens with zero attached hydrogens (tertiary/aromatic N) is 2. The highest BCUT2D eigenvalue weighted by Gasteiger charge is 2.11. The molecule has 5 nitrogen and oxygen atoms in total. The Morgan fingerprint density at radius 3 is 2.20 bits per heavy atom. The van der Waals surface area contributed by atoms with Crippen LogP contribution < -0.4 is 4.74 Å². The van der Waals surface area contributed by atoms with E-state index >= 15 is 0 Å². The fourth-order valence-corrected chi connectivity index (χ4v) is 3.24. The maximum absolute atomic E-state index is 11.2. The number of hydrogen-bond acceptors (Lipinski definition) is 4. The molecule has 1 heterocycles. The van der Waals surface area contributed by atoms with Crippen LogP contribution in [0.5, 0.6) is 5.75 Å². The zero-order chi connectivity index (χ0) is 21.2. The number of benzene rings is 2. The molecule has 0 amide bonds. The lowest BCUT2D eigenvalue weighted by Gasteiger charge is -2.20. The van der Waals surface area contributed by atoms with E-state index in [4.69, 9.17) is 4.74 Å². The van der Waals surface area contributed by atoms with Crippen molar-refractivity contribution in [1.29, 1.82) is 0 Å². The summed E-state index contributed by atoms with van der Waals surface area (Å²) in [5.74, 6) is -0.0248. The van der Waals surface area contributed by atoms with Crippen molar-refractivity contribution in [2.24, 2.45) is 0 Å². The first-order valence-electron chi connectivity index (χ1n) is 10.3. The fourth-order valence-electron chi connectivity index (χ4n) is 3.24. The SMILES string of the molecule is CCc1ccc(CCOc2ccc(CN(CC(=O)O)Cc3ccccc3)cc2)nc1. The molecule has 0 aliphatic heterocycles. The second kappa shape index (κ2) is 11.1. The van der Waals surface area contributed by atoms with Crippen LogP contribution in [0.1, 0.15) is 29.3 Å². The van der Waals surface area contributed by atoms with Crippen LogP contribution in [0.25, 0.3) is 0 Å². The van der Waals surface area contributed by atoms with Crippen LogP contribution in [0.3, 0.4) is 0 Å². The van der Waals surface area contributed by atoms with Gasteiger partial charge in [0.15, 0.2) is 0 Å². The number of aryl methyl sites for hydroxylation is 1. The monoisotopic (exact) mass is 404 g/mol. The summed E-state index contributed by atoms with van der Waals surface area (Å²) >= 11 is 0. The topological polar surface area (TPSA) is 62.7 Å². The minimum absolute atomic E-state index is 0.00301. The zero-order valence-corrected chi connectivity index (χ0v) is 17.3. The van der Waals surface area contributed by atoms with Crippen molar-refractivity contribution in [1.82, 2.24) is 9.88 Å². The number of hydrogen-bond donors (Lipinski definition) is 1. The Kier molecular flexibility index (Phi) is 7.98. The summed E-state index contributed by atoms with van der Waals surface area (Å²) in [6, 6.07) is 21.9. The van der Waals surface area contributed by atoms with Crippen molar-refractivity contribution in [3.05, 3.63) is 95.3 Å². The van der Waals surface area contributed by atoms with Crippen LogP contribution in [-0.2, 0) is 30.7 Å². The van der Waals surface area contributed by atoms with E-state index < -0.39 is 5.97 Å². The summed E-state index contributed by atoms with van der Waals surface area (Å²) in [5.41, 5.74) is 4.41.